The van der Waals surface area contributed by atoms with Crippen LogP contribution >= 0.6 is 0 Å². The van der Waals surface area contributed by atoms with Crippen molar-refractivity contribution < 1.29 is 9.59 Å². The Morgan fingerprint density at radius 3 is 2.67 bits per heavy atom. The lowest BCUT2D eigenvalue weighted by molar-refractivity contribution is -0.136. The van der Waals surface area contributed by atoms with Crippen LogP contribution in [0.1, 0.15) is 19.8 Å². The number of piperidine rings is 1. The molecule has 1 heterocycles. The van der Waals surface area contributed by atoms with Crippen molar-refractivity contribution in [2.75, 3.05) is 20.1 Å². The zero-order valence-electron chi connectivity index (χ0n) is 9.32. The zero-order valence-corrected chi connectivity index (χ0v) is 9.32. The summed E-state index contributed by atoms with van der Waals surface area (Å²) in [7, 11) is 1.73. The van der Waals surface area contributed by atoms with E-state index >= 15 is 0 Å². The molecule has 0 spiro atoms. The number of hydrogen-bond donors (Lipinski definition) is 2. The van der Waals surface area contributed by atoms with Crippen LogP contribution in [0.3, 0.4) is 0 Å². The molecule has 2 unspecified atom stereocenters. The number of nitrogens with one attached hydrogen (secondary N) is 1. The van der Waals surface area contributed by atoms with Crippen LogP contribution in [0, 0.1) is 5.92 Å². The Morgan fingerprint density at radius 2 is 2.13 bits per heavy atom. The summed E-state index contributed by atoms with van der Waals surface area (Å²) < 4.78 is 0. The number of carbonyl (C=O) groups excluding carboxylic acids is 2. The van der Waals surface area contributed by atoms with Crippen molar-refractivity contribution in [3.63, 3.8) is 0 Å². The summed E-state index contributed by atoms with van der Waals surface area (Å²) in [5.74, 6) is -0.442. The normalized spacial score (nSPS) is 26.4. The molecule has 0 radical (unpaired) electrons. The predicted octanol–water partition coefficient (Wildman–Crippen LogP) is -0.682. The third kappa shape index (κ3) is 2.92. The molecule has 0 bridgehead atoms. The van der Waals surface area contributed by atoms with Crippen LogP contribution in [0.4, 0.5) is 0 Å². The third-order valence-corrected chi connectivity index (χ3v) is 2.93. The van der Waals surface area contributed by atoms with E-state index in [1.54, 1.807) is 11.9 Å². The molecular weight excluding hydrogens is 194 g/mol. The number of hydrogen-bond acceptors (Lipinski definition) is 3. The van der Waals surface area contributed by atoms with Crippen LogP contribution in [0.5, 0.6) is 0 Å². The first-order valence-electron chi connectivity index (χ1n) is 5.29. The molecule has 5 nitrogen and oxygen atoms in total. The fourth-order valence-electron chi connectivity index (χ4n) is 1.94. The van der Waals surface area contributed by atoms with E-state index in [1.165, 1.54) is 0 Å². The molecule has 1 fully saturated rings. The first-order chi connectivity index (χ1) is 7.06. The van der Waals surface area contributed by atoms with Crippen molar-refractivity contribution in [1.29, 1.82) is 0 Å². The highest BCUT2D eigenvalue weighted by molar-refractivity contribution is 5.81. The summed E-state index contributed by atoms with van der Waals surface area (Å²) in [6.07, 6.45) is 1.64. The molecule has 0 aromatic heterocycles. The van der Waals surface area contributed by atoms with E-state index in [-0.39, 0.29) is 23.8 Å². The number of likely N-dealkylation sites (N-methyl/N-ethyl adjacent to an activating group) is 1. The highest BCUT2D eigenvalue weighted by Crippen LogP contribution is 2.21. The lowest BCUT2D eigenvalue weighted by atomic mass is 9.93. The van der Waals surface area contributed by atoms with Gasteiger partial charge in [-0.2, -0.15) is 0 Å². The molecule has 5 heteroatoms. The maximum Gasteiger partial charge on any atom is 0.236 e. The van der Waals surface area contributed by atoms with Crippen molar-refractivity contribution in [1.82, 2.24) is 10.2 Å². The van der Waals surface area contributed by atoms with Crippen LogP contribution < -0.4 is 11.1 Å². The second-order valence-corrected chi connectivity index (χ2v) is 4.10. The van der Waals surface area contributed by atoms with Gasteiger partial charge in [-0.15, -0.1) is 0 Å². The second kappa shape index (κ2) is 5.11. The highest BCUT2D eigenvalue weighted by atomic mass is 16.2. The monoisotopic (exact) mass is 213 g/mol. The van der Waals surface area contributed by atoms with Gasteiger partial charge in [-0.1, -0.05) is 0 Å². The maximum atomic E-state index is 11.7. The van der Waals surface area contributed by atoms with Crippen LogP contribution in [0.25, 0.3) is 0 Å². The maximum absolute atomic E-state index is 11.7. The Morgan fingerprint density at radius 1 is 1.47 bits per heavy atom. The van der Waals surface area contributed by atoms with Crippen LogP contribution in [-0.2, 0) is 9.59 Å². The summed E-state index contributed by atoms with van der Waals surface area (Å²) in [5.41, 5.74) is 5.26. The number of nitrogens with two attached hydrogens (primary N) is 1. The summed E-state index contributed by atoms with van der Waals surface area (Å²) in [6, 6.07) is 0.210. The number of nitrogens with zero attached hydrogens (tertiary/aromatic N) is 1. The largest absolute Gasteiger partial charge is 0.369 e. The summed E-state index contributed by atoms with van der Waals surface area (Å²) in [6.45, 7) is 2.79. The van der Waals surface area contributed by atoms with E-state index in [0.717, 1.165) is 12.8 Å². The second-order valence-electron chi connectivity index (χ2n) is 4.10. The standard InChI is InChI=1S/C10H19N3O2/c1-7-3-4-8(10(11)15)6-13(7)9(14)5-12-2/h7-8,12H,3-6H2,1-2H3,(H2,11,15). The van der Waals surface area contributed by atoms with Crippen molar-refractivity contribution in [3.8, 4) is 0 Å². The third-order valence-electron chi connectivity index (χ3n) is 2.93. The molecule has 1 rings (SSSR count). The van der Waals surface area contributed by atoms with Gasteiger partial charge < -0.3 is 16.0 Å². The SMILES string of the molecule is CNCC(=O)N1CC(C(N)=O)CCC1C. The summed E-state index contributed by atoms with van der Waals surface area (Å²) in [5, 5.41) is 2.82. The first-order valence-corrected chi connectivity index (χ1v) is 5.29. The number of carbonyl (C=O) groups is 2. The molecule has 0 aromatic rings. The van der Waals surface area contributed by atoms with Gasteiger partial charge in [-0.3, -0.25) is 9.59 Å². The van der Waals surface area contributed by atoms with Crippen molar-refractivity contribution >= 4 is 11.8 Å². The van der Waals surface area contributed by atoms with Gasteiger partial charge in [0.2, 0.25) is 11.8 Å². The van der Waals surface area contributed by atoms with Gasteiger partial charge in [0.25, 0.3) is 0 Å². The highest BCUT2D eigenvalue weighted by Gasteiger charge is 2.30. The molecule has 15 heavy (non-hydrogen) atoms. The van der Waals surface area contributed by atoms with Gasteiger partial charge in [-0.25, -0.2) is 0 Å². The number of rotatable bonds is 3. The van der Waals surface area contributed by atoms with Gasteiger partial charge in [0.05, 0.1) is 12.5 Å². The van der Waals surface area contributed by atoms with E-state index in [4.69, 9.17) is 5.73 Å². The van der Waals surface area contributed by atoms with Crippen LogP contribution in [0.15, 0.2) is 0 Å². The summed E-state index contributed by atoms with van der Waals surface area (Å²) in [4.78, 5) is 24.5. The molecule has 1 aliphatic heterocycles. The average molecular weight is 213 g/mol. The minimum atomic E-state index is -0.302. The van der Waals surface area contributed by atoms with Gasteiger partial charge in [0.1, 0.15) is 0 Å². The minimum absolute atomic E-state index is 0.0379. The number of likely N-dealkylation sites (tertiary alicyclic amines) is 1. The molecule has 0 aliphatic carbocycles. The molecule has 0 aromatic carbocycles. The fraction of sp³-hybridized carbons (Fsp3) is 0.800. The minimum Gasteiger partial charge on any atom is -0.369 e. The molecule has 2 amide bonds. The Labute approximate surface area is 90.0 Å². The van der Waals surface area contributed by atoms with E-state index in [1.807, 2.05) is 6.92 Å². The quantitative estimate of drug-likeness (QED) is 0.652. The fourth-order valence-corrected chi connectivity index (χ4v) is 1.94. The number of primary amides is 1. The molecule has 0 saturated carbocycles. The average Bonchev–Trinajstić information content (AvgIpc) is 2.18. The molecule has 86 valence electrons. The number of amides is 2. The molecule has 1 aliphatic rings. The van der Waals surface area contributed by atoms with E-state index in [9.17, 15) is 9.59 Å². The Hall–Kier alpha value is -1.10. The lowest BCUT2D eigenvalue weighted by Crippen LogP contribution is -2.50. The molecule has 2 atom stereocenters. The van der Waals surface area contributed by atoms with E-state index in [2.05, 4.69) is 5.32 Å². The van der Waals surface area contributed by atoms with Gasteiger partial charge in [0, 0.05) is 12.6 Å². The zero-order chi connectivity index (χ0) is 11.4. The molecule has 3 N–H and O–H groups in total. The first kappa shape index (κ1) is 12.0. The molecular formula is C10H19N3O2. The summed E-state index contributed by atoms with van der Waals surface area (Å²) >= 11 is 0. The Kier molecular flexibility index (Phi) is 4.08. The van der Waals surface area contributed by atoms with Crippen LogP contribution in [0.2, 0.25) is 0 Å². The lowest BCUT2D eigenvalue weighted by Gasteiger charge is -2.36. The molecule has 1 saturated heterocycles. The smallest absolute Gasteiger partial charge is 0.236 e. The Bertz CT molecular complexity index is 255. The predicted molar refractivity (Wildman–Crippen MR) is 57.0 cm³/mol. The van der Waals surface area contributed by atoms with Gasteiger partial charge >= 0.3 is 0 Å². The van der Waals surface area contributed by atoms with Gasteiger partial charge in [-0.05, 0) is 26.8 Å². The van der Waals surface area contributed by atoms with Crippen LogP contribution in [-0.4, -0.2) is 42.9 Å². The topological polar surface area (TPSA) is 75.4 Å². The van der Waals surface area contributed by atoms with Gasteiger partial charge in [0.15, 0.2) is 0 Å². The van der Waals surface area contributed by atoms with Crippen molar-refractivity contribution in [2.45, 2.75) is 25.8 Å². The van der Waals surface area contributed by atoms with Crippen molar-refractivity contribution in [2.24, 2.45) is 11.7 Å². The Balaban J connectivity index is 2.60. The van der Waals surface area contributed by atoms with E-state index in [0.29, 0.717) is 13.1 Å². The van der Waals surface area contributed by atoms with Crippen molar-refractivity contribution in [3.05, 3.63) is 0 Å². The van der Waals surface area contributed by atoms with E-state index < -0.39 is 0 Å².